The molecule has 11 heteroatoms. The van der Waals surface area contributed by atoms with Gasteiger partial charge in [-0.15, -0.1) is 0 Å². The Labute approximate surface area is 368 Å². The van der Waals surface area contributed by atoms with Crippen molar-refractivity contribution in [1.82, 2.24) is 0 Å². The highest BCUT2D eigenvalue weighted by Gasteiger charge is 2.27. The van der Waals surface area contributed by atoms with E-state index in [1.54, 1.807) is 0 Å². The van der Waals surface area contributed by atoms with Crippen molar-refractivity contribution in [2.24, 2.45) is 0 Å². The Balaban J connectivity index is 4.11. The molecule has 0 aromatic rings. The van der Waals surface area contributed by atoms with Gasteiger partial charge in [-0.05, 0) is 96.3 Å². The SMILES string of the molecule is CC/C=C\C/C=C\C/C=C\C/C=C\C/C=C\C/C=C\CCC(=O)OC(CO)COP(=O)(O)OCC(CO)OC(=O)CCCCC/C=C\C/C=C\C/C=C\C/C=C\C/C=C\CC. The van der Waals surface area contributed by atoms with Gasteiger partial charge in [0, 0.05) is 12.8 Å². The van der Waals surface area contributed by atoms with Crippen molar-refractivity contribution >= 4 is 19.8 Å². The standard InChI is InChI=1S/C50H77O10P/c1-3-5-7-9-11-13-15-17-19-21-23-25-27-29-31-33-35-37-39-41-49(53)59-47(43-51)45-57-61(55,56)58-46-48(44-52)60-50(54)42-40-38-36-34-32-30-28-26-24-22-20-18-16-14-12-10-8-6-4-2/h5-8,11-14,17-20,23-26,29-32,35,37,47-48,51-52H,3-4,9-10,15-16,21-22,27-28,33-34,36,38-46H2,1-2H3,(H,55,56)/b7-5-,8-6-,13-11-,14-12-,19-17-,20-18-,25-23-,26-24-,31-29-,32-30-,37-35-. The van der Waals surface area contributed by atoms with Crippen LogP contribution < -0.4 is 0 Å². The molecule has 0 radical (unpaired) electrons. The van der Waals surface area contributed by atoms with Gasteiger partial charge in [0.25, 0.3) is 0 Å². The minimum atomic E-state index is -4.68. The molecule has 342 valence electrons. The maximum atomic E-state index is 12.4. The zero-order chi connectivity index (χ0) is 44.8. The Morgan fingerprint density at radius 1 is 0.443 bits per heavy atom. The number of carbonyl (C=O) groups is 2. The summed E-state index contributed by atoms with van der Waals surface area (Å²) in [5.41, 5.74) is 0. The molecule has 3 atom stereocenters. The zero-order valence-electron chi connectivity index (χ0n) is 37.1. The molecule has 10 nitrogen and oxygen atoms in total. The average Bonchev–Trinajstić information content (AvgIpc) is 3.25. The van der Waals surface area contributed by atoms with Crippen LogP contribution in [0, 0.1) is 0 Å². The largest absolute Gasteiger partial charge is 0.472 e. The van der Waals surface area contributed by atoms with E-state index in [9.17, 15) is 29.3 Å². The topological polar surface area (TPSA) is 149 Å². The van der Waals surface area contributed by atoms with E-state index in [0.717, 1.165) is 89.9 Å². The normalized spacial score (nSPS) is 15.0. The number of phosphoric acid groups is 1. The van der Waals surface area contributed by atoms with Gasteiger partial charge in [-0.2, -0.15) is 0 Å². The number of carbonyl (C=O) groups excluding carboxylic acids is 2. The predicted octanol–water partition coefficient (Wildman–Crippen LogP) is 12.1. The number of aliphatic hydroxyl groups excluding tert-OH is 2. The van der Waals surface area contributed by atoms with E-state index >= 15 is 0 Å². The van der Waals surface area contributed by atoms with Crippen LogP contribution in [0.2, 0.25) is 0 Å². The Bertz CT molecular complexity index is 1460. The summed E-state index contributed by atoms with van der Waals surface area (Å²) in [6, 6.07) is 0. The van der Waals surface area contributed by atoms with Crippen LogP contribution in [0.3, 0.4) is 0 Å². The molecule has 3 unspecified atom stereocenters. The number of phosphoric ester groups is 1. The Morgan fingerprint density at radius 3 is 1.10 bits per heavy atom. The molecule has 0 aromatic heterocycles. The highest BCUT2D eigenvalue weighted by atomic mass is 31.2. The average molecular weight is 869 g/mol. The van der Waals surface area contributed by atoms with E-state index in [1.165, 1.54) is 0 Å². The van der Waals surface area contributed by atoms with Crippen molar-refractivity contribution in [2.45, 2.75) is 142 Å². The summed E-state index contributed by atoms with van der Waals surface area (Å²) < 4.78 is 32.5. The third kappa shape index (κ3) is 42.6. The second-order valence-corrected chi connectivity index (χ2v) is 15.4. The van der Waals surface area contributed by atoms with Crippen molar-refractivity contribution < 1.29 is 47.8 Å². The van der Waals surface area contributed by atoms with Crippen molar-refractivity contribution in [3.05, 3.63) is 134 Å². The van der Waals surface area contributed by atoms with Gasteiger partial charge in [-0.25, -0.2) is 4.57 Å². The lowest BCUT2D eigenvalue weighted by Gasteiger charge is -2.20. The summed E-state index contributed by atoms with van der Waals surface area (Å²) in [6.07, 6.45) is 58.6. The molecule has 0 rings (SSSR count). The number of unbranched alkanes of at least 4 members (excludes halogenated alkanes) is 3. The number of rotatable bonds is 39. The Hall–Kier alpha value is -3.89. The monoisotopic (exact) mass is 869 g/mol. The van der Waals surface area contributed by atoms with Gasteiger partial charge < -0.3 is 24.6 Å². The molecule has 0 amide bonds. The van der Waals surface area contributed by atoms with Crippen LogP contribution in [0.25, 0.3) is 0 Å². The van der Waals surface area contributed by atoms with Crippen molar-refractivity contribution in [1.29, 1.82) is 0 Å². The number of esters is 2. The van der Waals surface area contributed by atoms with Gasteiger partial charge in [0.1, 0.15) is 12.2 Å². The first-order valence-corrected chi connectivity index (χ1v) is 23.6. The van der Waals surface area contributed by atoms with Crippen LogP contribution in [0.4, 0.5) is 0 Å². The summed E-state index contributed by atoms with van der Waals surface area (Å²) in [5, 5.41) is 19.2. The second kappa shape index (κ2) is 44.2. The molecule has 0 saturated heterocycles. The molecular formula is C50H77O10P. The van der Waals surface area contributed by atoms with Crippen LogP contribution >= 0.6 is 7.82 Å². The summed E-state index contributed by atoms with van der Waals surface area (Å²) in [7, 11) is -4.68. The van der Waals surface area contributed by atoms with Gasteiger partial charge in [0.15, 0.2) is 0 Å². The van der Waals surface area contributed by atoms with Crippen LogP contribution in [0.5, 0.6) is 0 Å². The fourth-order valence-electron chi connectivity index (χ4n) is 5.05. The fourth-order valence-corrected chi connectivity index (χ4v) is 5.83. The summed E-state index contributed by atoms with van der Waals surface area (Å²) in [6.45, 7) is 1.82. The molecule has 3 N–H and O–H groups in total. The van der Waals surface area contributed by atoms with Crippen molar-refractivity contribution in [2.75, 3.05) is 26.4 Å². The smallest absolute Gasteiger partial charge is 0.457 e. The highest BCUT2D eigenvalue weighted by Crippen LogP contribution is 2.43. The molecule has 0 aliphatic carbocycles. The Morgan fingerprint density at radius 2 is 0.754 bits per heavy atom. The first-order valence-electron chi connectivity index (χ1n) is 22.1. The summed E-state index contributed by atoms with van der Waals surface area (Å²) >= 11 is 0. The molecule has 0 saturated carbocycles. The minimum absolute atomic E-state index is 0.0554. The molecule has 0 bridgehead atoms. The lowest BCUT2D eigenvalue weighted by molar-refractivity contribution is -0.153. The number of aliphatic hydroxyl groups is 2. The number of hydrogen-bond donors (Lipinski definition) is 3. The molecular weight excluding hydrogens is 792 g/mol. The minimum Gasteiger partial charge on any atom is -0.457 e. The third-order valence-electron chi connectivity index (χ3n) is 8.37. The lowest BCUT2D eigenvalue weighted by Crippen LogP contribution is -2.28. The van der Waals surface area contributed by atoms with E-state index < -0.39 is 58.4 Å². The number of ether oxygens (including phenoxy) is 2. The predicted molar refractivity (Wildman–Crippen MR) is 251 cm³/mol. The van der Waals surface area contributed by atoms with Crippen LogP contribution in [-0.2, 0) is 32.7 Å². The van der Waals surface area contributed by atoms with Gasteiger partial charge in [0.2, 0.25) is 0 Å². The molecule has 0 aliphatic rings. The van der Waals surface area contributed by atoms with E-state index in [-0.39, 0.29) is 12.8 Å². The highest BCUT2D eigenvalue weighted by molar-refractivity contribution is 7.47. The van der Waals surface area contributed by atoms with E-state index in [2.05, 4.69) is 129 Å². The number of hydrogen-bond acceptors (Lipinski definition) is 9. The van der Waals surface area contributed by atoms with Gasteiger partial charge in [-0.3, -0.25) is 18.6 Å². The molecule has 0 aromatic carbocycles. The quantitative estimate of drug-likeness (QED) is 0.0236. The van der Waals surface area contributed by atoms with Gasteiger partial charge in [-0.1, -0.05) is 154 Å². The lowest BCUT2D eigenvalue weighted by atomic mass is 10.1. The molecule has 0 aliphatic heterocycles. The maximum absolute atomic E-state index is 12.4. The van der Waals surface area contributed by atoms with Crippen LogP contribution in [0.1, 0.15) is 129 Å². The zero-order valence-corrected chi connectivity index (χ0v) is 38.0. The van der Waals surface area contributed by atoms with Crippen LogP contribution in [-0.4, -0.2) is 65.7 Å². The van der Waals surface area contributed by atoms with Crippen molar-refractivity contribution in [3.63, 3.8) is 0 Å². The summed E-state index contributed by atoms with van der Waals surface area (Å²) in [5.74, 6) is -1.15. The number of allylic oxidation sites excluding steroid dienone is 22. The fraction of sp³-hybridized carbons (Fsp3) is 0.520. The Kier molecular flexibility index (Phi) is 41.4. The first-order chi connectivity index (χ1) is 29.8. The third-order valence-corrected chi connectivity index (χ3v) is 9.32. The van der Waals surface area contributed by atoms with E-state index in [4.69, 9.17) is 18.5 Å². The summed E-state index contributed by atoms with van der Waals surface area (Å²) in [4.78, 5) is 34.5. The molecule has 0 fully saturated rings. The molecule has 0 heterocycles. The second-order valence-electron chi connectivity index (χ2n) is 13.9. The van der Waals surface area contributed by atoms with E-state index in [0.29, 0.717) is 12.8 Å². The van der Waals surface area contributed by atoms with Crippen molar-refractivity contribution in [3.8, 4) is 0 Å². The van der Waals surface area contributed by atoms with E-state index in [1.807, 2.05) is 18.2 Å². The molecule has 61 heavy (non-hydrogen) atoms. The maximum Gasteiger partial charge on any atom is 0.472 e. The molecule has 0 spiro atoms. The van der Waals surface area contributed by atoms with Gasteiger partial charge >= 0.3 is 19.8 Å². The van der Waals surface area contributed by atoms with Crippen LogP contribution in [0.15, 0.2) is 134 Å². The first kappa shape index (κ1) is 57.1. The van der Waals surface area contributed by atoms with Gasteiger partial charge in [0.05, 0.1) is 26.4 Å².